The van der Waals surface area contributed by atoms with Gasteiger partial charge in [-0.1, -0.05) is 6.08 Å². The molecule has 1 aliphatic rings. The van der Waals surface area contributed by atoms with Gasteiger partial charge < -0.3 is 0 Å². The largest absolute Gasteiger partial charge is 0.249 e. The number of aryl methyl sites for hydroxylation is 1. The van der Waals surface area contributed by atoms with E-state index >= 15 is 0 Å². The molecule has 1 unspecified atom stereocenters. The summed E-state index contributed by atoms with van der Waals surface area (Å²) in [5.74, 6) is 0.943. The van der Waals surface area contributed by atoms with Crippen LogP contribution in [0.5, 0.6) is 0 Å². The van der Waals surface area contributed by atoms with E-state index in [2.05, 4.69) is 16.2 Å². The van der Waals surface area contributed by atoms with Crippen molar-refractivity contribution in [3.8, 4) is 0 Å². The van der Waals surface area contributed by atoms with E-state index in [1.807, 2.05) is 7.05 Å². The molecule has 0 saturated carbocycles. The number of alkyl halides is 1. The van der Waals surface area contributed by atoms with E-state index in [0.717, 1.165) is 18.7 Å². The van der Waals surface area contributed by atoms with Gasteiger partial charge in [-0.3, -0.25) is 0 Å². The number of rotatable bonds is 1. The van der Waals surface area contributed by atoms with Crippen molar-refractivity contribution in [3.63, 3.8) is 0 Å². The normalized spacial score (nSPS) is 22.8. The van der Waals surface area contributed by atoms with Crippen molar-refractivity contribution >= 4 is 17.2 Å². The lowest BCUT2D eigenvalue weighted by atomic mass is 10.2. The fraction of sp³-hybridized carbons (Fsp3) is 0.500. The van der Waals surface area contributed by atoms with Gasteiger partial charge in [-0.15, -0.1) is 11.6 Å². The summed E-state index contributed by atoms with van der Waals surface area (Å²) in [5, 5.41) is 4.19. The van der Waals surface area contributed by atoms with E-state index in [1.165, 1.54) is 5.57 Å². The van der Waals surface area contributed by atoms with Gasteiger partial charge in [0, 0.05) is 7.05 Å². The van der Waals surface area contributed by atoms with Crippen LogP contribution >= 0.6 is 11.6 Å². The summed E-state index contributed by atoms with van der Waals surface area (Å²) in [6.45, 7) is 0. The molecule has 0 amide bonds. The van der Waals surface area contributed by atoms with Crippen molar-refractivity contribution < 1.29 is 0 Å². The molecule has 1 aromatic rings. The number of halogens is 1. The van der Waals surface area contributed by atoms with E-state index < -0.39 is 0 Å². The van der Waals surface area contributed by atoms with Crippen LogP contribution in [-0.4, -0.2) is 20.1 Å². The number of aromatic nitrogens is 3. The van der Waals surface area contributed by atoms with Gasteiger partial charge in [-0.2, -0.15) is 5.10 Å². The molecule has 2 rings (SSSR count). The van der Waals surface area contributed by atoms with Crippen LogP contribution in [-0.2, 0) is 7.05 Å². The summed E-state index contributed by atoms with van der Waals surface area (Å²) in [4.78, 5) is 4.16. The first-order valence-corrected chi connectivity index (χ1v) is 4.40. The first kappa shape index (κ1) is 7.80. The van der Waals surface area contributed by atoms with Gasteiger partial charge in [0.2, 0.25) is 0 Å². The van der Waals surface area contributed by atoms with Crippen LogP contribution in [0.3, 0.4) is 0 Å². The number of nitrogens with zero attached hydrogens (tertiary/aromatic N) is 3. The molecule has 12 heavy (non-hydrogen) atoms. The Balaban J connectivity index is 2.32. The predicted molar refractivity (Wildman–Crippen MR) is 47.9 cm³/mol. The molecular weight excluding hydrogens is 174 g/mol. The molecule has 0 fully saturated rings. The van der Waals surface area contributed by atoms with Crippen LogP contribution in [0.25, 0.3) is 5.57 Å². The molecule has 1 heterocycles. The van der Waals surface area contributed by atoms with E-state index in [-0.39, 0.29) is 5.38 Å². The monoisotopic (exact) mass is 183 g/mol. The summed E-state index contributed by atoms with van der Waals surface area (Å²) < 4.78 is 1.78. The van der Waals surface area contributed by atoms with Crippen molar-refractivity contribution in [2.24, 2.45) is 7.05 Å². The molecule has 4 heteroatoms. The standard InChI is InChI=1S/C8H10ClN3/c1-12-8(10-5-11-12)6-2-3-7(9)4-6/h4-5,7H,2-3H2,1H3. The average Bonchev–Trinajstić information content (AvgIpc) is 2.58. The summed E-state index contributed by atoms with van der Waals surface area (Å²) in [5.41, 5.74) is 1.22. The first-order valence-electron chi connectivity index (χ1n) is 3.96. The Labute approximate surface area is 76.1 Å². The van der Waals surface area contributed by atoms with Gasteiger partial charge in [0.05, 0.1) is 5.38 Å². The lowest BCUT2D eigenvalue weighted by Crippen LogP contribution is -1.97. The highest BCUT2D eigenvalue weighted by Gasteiger charge is 2.17. The minimum Gasteiger partial charge on any atom is -0.249 e. The Morgan fingerprint density at radius 3 is 3.00 bits per heavy atom. The van der Waals surface area contributed by atoms with E-state index in [1.54, 1.807) is 11.0 Å². The number of hydrogen-bond donors (Lipinski definition) is 0. The molecule has 0 saturated heterocycles. The molecule has 64 valence electrons. The quantitative estimate of drug-likeness (QED) is 0.620. The van der Waals surface area contributed by atoms with Crippen LogP contribution in [0.2, 0.25) is 0 Å². The highest BCUT2D eigenvalue weighted by molar-refractivity contribution is 6.22. The zero-order valence-electron chi connectivity index (χ0n) is 6.87. The van der Waals surface area contributed by atoms with Crippen molar-refractivity contribution in [2.45, 2.75) is 18.2 Å². The third-order valence-electron chi connectivity index (χ3n) is 2.07. The van der Waals surface area contributed by atoms with Gasteiger partial charge in [0.1, 0.15) is 6.33 Å². The summed E-state index contributed by atoms with van der Waals surface area (Å²) in [6, 6.07) is 0. The Morgan fingerprint density at radius 1 is 1.67 bits per heavy atom. The van der Waals surface area contributed by atoms with E-state index in [9.17, 15) is 0 Å². The van der Waals surface area contributed by atoms with Gasteiger partial charge in [-0.05, 0) is 18.4 Å². The third-order valence-corrected chi connectivity index (χ3v) is 2.41. The average molecular weight is 184 g/mol. The molecule has 0 radical (unpaired) electrons. The zero-order valence-corrected chi connectivity index (χ0v) is 7.62. The lowest BCUT2D eigenvalue weighted by molar-refractivity contribution is 0.749. The van der Waals surface area contributed by atoms with Crippen molar-refractivity contribution in [1.82, 2.24) is 14.8 Å². The Kier molecular flexibility index (Phi) is 1.89. The molecular formula is C8H10ClN3. The maximum atomic E-state index is 5.94. The topological polar surface area (TPSA) is 30.7 Å². The Hall–Kier alpha value is -0.830. The smallest absolute Gasteiger partial charge is 0.153 e. The van der Waals surface area contributed by atoms with Crippen LogP contribution in [0.1, 0.15) is 18.7 Å². The van der Waals surface area contributed by atoms with Crippen LogP contribution < -0.4 is 0 Å². The van der Waals surface area contributed by atoms with Gasteiger partial charge in [0.25, 0.3) is 0 Å². The fourth-order valence-corrected chi connectivity index (χ4v) is 1.71. The third kappa shape index (κ3) is 1.25. The van der Waals surface area contributed by atoms with Gasteiger partial charge in [-0.25, -0.2) is 9.67 Å². The van der Waals surface area contributed by atoms with Crippen molar-refractivity contribution in [1.29, 1.82) is 0 Å². The minimum absolute atomic E-state index is 0.177. The van der Waals surface area contributed by atoms with Crippen LogP contribution in [0, 0.1) is 0 Å². The molecule has 0 aliphatic heterocycles. The molecule has 1 aliphatic carbocycles. The second-order valence-electron chi connectivity index (χ2n) is 2.95. The van der Waals surface area contributed by atoms with Crippen LogP contribution in [0.15, 0.2) is 12.4 Å². The highest BCUT2D eigenvalue weighted by Crippen LogP contribution is 2.28. The molecule has 3 nitrogen and oxygen atoms in total. The Bertz CT molecular complexity index is 316. The molecule has 0 aromatic carbocycles. The summed E-state index contributed by atoms with van der Waals surface area (Å²) in [7, 11) is 1.89. The van der Waals surface area contributed by atoms with Gasteiger partial charge >= 0.3 is 0 Å². The first-order chi connectivity index (χ1) is 5.77. The molecule has 0 N–H and O–H groups in total. The fourth-order valence-electron chi connectivity index (χ4n) is 1.45. The predicted octanol–water partition coefficient (Wildman–Crippen LogP) is 1.60. The maximum absolute atomic E-state index is 5.94. The maximum Gasteiger partial charge on any atom is 0.153 e. The molecule has 0 spiro atoms. The van der Waals surface area contributed by atoms with Crippen LogP contribution in [0.4, 0.5) is 0 Å². The minimum atomic E-state index is 0.177. The Morgan fingerprint density at radius 2 is 2.50 bits per heavy atom. The number of allylic oxidation sites excluding steroid dienone is 2. The van der Waals surface area contributed by atoms with Crippen molar-refractivity contribution in [3.05, 3.63) is 18.2 Å². The van der Waals surface area contributed by atoms with E-state index in [4.69, 9.17) is 11.6 Å². The molecule has 1 atom stereocenters. The zero-order chi connectivity index (χ0) is 8.55. The summed E-state index contributed by atoms with van der Waals surface area (Å²) in [6.07, 6.45) is 5.66. The second kappa shape index (κ2) is 2.90. The highest BCUT2D eigenvalue weighted by atomic mass is 35.5. The van der Waals surface area contributed by atoms with E-state index in [0.29, 0.717) is 0 Å². The summed E-state index contributed by atoms with van der Waals surface area (Å²) >= 11 is 5.94. The van der Waals surface area contributed by atoms with Gasteiger partial charge in [0.15, 0.2) is 5.82 Å². The SMILES string of the molecule is Cn1ncnc1C1=CC(Cl)CC1. The lowest BCUT2D eigenvalue weighted by Gasteiger charge is -1.98. The molecule has 1 aromatic heterocycles. The van der Waals surface area contributed by atoms with Crippen molar-refractivity contribution in [2.75, 3.05) is 0 Å². The molecule has 0 bridgehead atoms. The number of hydrogen-bond acceptors (Lipinski definition) is 2. The second-order valence-corrected chi connectivity index (χ2v) is 3.51.